The Morgan fingerprint density at radius 1 is 1.07 bits per heavy atom. The summed E-state index contributed by atoms with van der Waals surface area (Å²) in [5.74, 6) is -0.190. The topological polar surface area (TPSA) is 73.3 Å². The molecule has 0 atom stereocenters. The summed E-state index contributed by atoms with van der Waals surface area (Å²) < 4.78 is 5.91. The quantitative estimate of drug-likeness (QED) is 0.586. The number of hydrogen-bond acceptors (Lipinski definition) is 5. The fourth-order valence-corrected chi connectivity index (χ4v) is 3.80. The van der Waals surface area contributed by atoms with Crippen molar-refractivity contribution in [3.8, 4) is 5.75 Å². The highest BCUT2D eigenvalue weighted by molar-refractivity contribution is 7.80. The lowest BCUT2D eigenvalue weighted by atomic mass is 10.2. The predicted molar refractivity (Wildman–Crippen MR) is 117 cm³/mol. The molecule has 8 heteroatoms. The summed E-state index contributed by atoms with van der Waals surface area (Å²) in [7, 11) is 0. The molecule has 152 valence electrons. The summed E-state index contributed by atoms with van der Waals surface area (Å²) in [6.45, 7) is 2.25. The number of carboxylic acids is 1. The van der Waals surface area contributed by atoms with E-state index in [4.69, 9.17) is 17.0 Å². The van der Waals surface area contributed by atoms with Crippen LogP contribution in [0, 0.1) is 0 Å². The van der Waals surface area contributed by atoms with Crippen LogP contribution in [0.1, 0.15) is 6.92 Å². The summed E-state index contributed by atoms with van der Waals surface area (Å²) >= 11 is 5.43. The van der Waals surface area contributed by atoms with Gasteiger partial charge in [0, 0.05) is 12.6 Å². The molecule has 30 heavy (non-hydrogen) atoms. The van der Waals surface area contributed by atoms with E-state index in [-0.39, 0.29) is 16.7 Å². The van der Waals surface area contributed by atoms with Crippen molar-refractivity contribution in [3.05, 3.63) is 78.3 Å². The van der Waals surface area contributed by atoms with Gasteiger partial charge in [-0.25, -0.2) is 0 Å². The third kappa shape index (κ3) is 3.42. The van der Waals surface area contributed by atoms with Gasteiger partial charge in [0.25, 0.3) is 5.91 Å². The van der Waals surface area contributed by atoms with Crippen LogP contribution in [0.25, 0.3) is 0 Å². The number of carbonyl (C=O) groups is 2. The van der Waals surface area contributed by atoms with Crippen LogP contribution in [0.4, 0.5) is 11.4 Å². The van der Waals surface area contributed by atoms with Gasteiger partial charge in [0.15, 0.2) is 10.9 Å². The maximum Gasteiger partial charge on any atom is 0.323 e. The molecule has 2 aromatic rings. The van der Waals surface area contributed by atoms with E-state index < -0.39 is 12.5 Å². The number of carboxylic acid groups (broad SMARTS) is 1. The van der Waals surface area contributed by atoms with Gasteiger partial charge in [-0.2, -0.15) is 0 Å². The van der Waals surface area contributed by atoms with Gasteiger partial charge in [-0.3, -0.25) is 14.5 Å². The first-order valence-corrected chi connectivity index (χ1v) is 9.81. The SMILES string of the molecule is CCN1C(=CC=C2C(=O)N(c3ccccc3)C(=S)N2CC(=O)O)Oc2ccccc21. The number of anilines is 2. The smallest absolute Gasteiger partial charge is 0.323 e. The zero-order valence-corrected chi connectivity index (χ0v) is 17.0. The van der Waals surface area contributed by atoms with E-state index in [0.29, 0.717) is 18.1 Å². The van der Waals surface area contributed by atoms with Crippen LogP contribution in [0.15, 0.2) is 78.3 Å². The number of allylic oxidation sites excluding steroid dienone is 2. The summed E-state index contributed by atoms with van der Waals surface area (Å²) in [5.41, 5.74) is 1.69. The average Bonchev–Trinajstić information content (AvgIpc) is 3.21. The Labute approximate surface area is 179 Å². The van der Waals surface area contributed by atoms with Crippen molar-refractivity contribution < 1.29 is 19.4 Å². The predicted octanol–water partition coefficient (Wildman–Crippen LogP) is 3.35. The van der Waals surface area contributed by atoms with E-state index >= 15 is 0 Å². The van der Waals surface area contributed by atoms with E-state index in [1.54, 1.807) is 36.4 Å². The molecule has 0 aromatic heterocycles. The Bertz CT molecular complexity index is 1080. The van der Waals surface area contributed by atoms with Crippen molar-refractivity contribution in [3.63, 3.8) is 0 Å². The van der Waals surface area contributed by atoms with Crippen LogP contribution in [-0.4, -0.2) is 40.1 Å². The maximum absolute atomic E-state index is 13.1. The molecule has 2 aliphatic heterocycles. The minimum absolute atomic E-state index is 0.126. The monoisotopic (exact) mass is 421 g/mol. The van der Waals surface area contributed by atoms with Gasteiger partial charge in [0.1, 0.15) is 12.2 Å². The van der Waals surface area contributed by atoms with Gasteiger partial charge in [-0.15, -0.1) is 0 Å². The lowest BCUT2D eigenvalue weighted by Crippen LogP contribution is -2.35. The van der Waals surface area contributed by atoms with Crippen LogP contribution in [0.5, 0.6) is 5.75 Å². The van der Waals surface area contributed by atoms with Gasteiger partial charge < -0.3 is 19.6 Å². The molecule has 7 nitrogen and oxygen atoms in total. The van der Waals surface area contributed by atoms with Crippen LogP contribution < -0.4 is 14.5 Å². The number of thiocarbonyl (C=S) groups is 1. The largest absolute Gasteiger partial charge is 0.480 e. The van der Waals surface area contributed by atoms with Gasteiger partial charge in [-0.1, -0.05) is 30.3 Å². The number of para-hydroxylation sites is 3. The number of nitrogens with zero attached hydrogens (tertiary/aromatic N) is 3. The van der Waals surface area contributed by atoms with Crippen LogP contribution >= 0.6 is 12.2 Å². The highest BCUT2D eigenvalue weighted by Gasteiger charge is 2.39. The summed E-state index contributed by atoms with van der Waals surface area (Å²) in [6, 6.07) is 16.6. The maximum atomic E-state index is 13.1. The van der Waals surface area contributed by atoms with Crippen molar-refractivity contribution in [1.29, 1.82) is 0 Å². The molecule has 0 aliphatic carbocycles. The molecule has 1 fully saturated rings. The molecule has 4 rings (SSSR count). The Balaban J connectivity index is 1.71. The van der Waals surface area contributed by atoms with Gasteiger partial charge >= 0.3 is 5.97 Å². The van der Waals surface area contributed by atoms with E-state index in [1.165, 1.54) is 9.80 Å². The minimum Gasteiger partial charge on any atom is -0.480 e. The minimum atomic E-state index is -1.08. The highest BCUT2D eigenvalue weighted by Crippen LogP contribution is 2.38. The van der Waals surface area contributed by atoms with Crippen molar-refractivity contribution in [2.45, 2.75) is 6.92 Å². The van der Waals surface area contributed by atoms with Crippen LogP contribution in [0.3, 0.4) is 0 Å². The average molecular weight is 421 g/mol. The van der Waals surface area contributed by atoms with Crippen LogP contribution in [-0.2, 0) is 9.59 Å². The molecular weight excluding hydrogens is 402 g/mol. The lowest BCUT2D eigenvalue weighted by molar-refractivity contribution is -0.137. The second-order valence-corrected chi connectivity index (χ2v) is 6.97. The lowest BCUT2D eigenvalue weighted by Gasteiger charge is -2.18. The fraction of sp³-hybridized carbons (Fsp3) is 0.136. The summed E-state index contributed by atoms with van der Waals surface area (Å²) in [6.07, 6.45) is 3.23. The Hall–Kier alpha value is -3.65. The Morgan fingerprint density at radius 3 is 2.47 bits per heavy atom. The molecule has 1 N–H and O–H groups in total. The number of carbonyl (C=O) groups excluding carboxylic acids is 1. The molecular formula is C22H19N3O4S. The first kappa shape index (κ1) is 19.7. The van der Waals surface area contributed by atoms with Crippen LogP contribution in [0.2, 0.25) is 0 Å². The van der Waals surface area contributed by atoms with Gasteiger partial charge in [-0.05, 0) is 49.5 Å². The number of benzene rings is 2. The van der Waals surface area contributed by atoms with Gasteiger partial charge in [0.05, 0.1) is 11.4 Å². The fourth-order valence-electron chi connectivity index (χ4n) is 3.45. The second kappa shape index (κ2) is 8.00. The highest BCUT2D eigenvalue weighted by atomic mass is 32.1. The number of ether oxygens (including phenoxy) is 1. The molecule has 0 bridgehead atoms. The molecule has 1 amide bonds. The number of hydrogen-bond donors (Lipinski definition) is 1. The van der Waals surface area contributed by atoms with Crippen molar-refractivity contribution in [2.24, 2.45) is 0 Å². The molecule has 1 saturated heterocycles. The van der Waals surface area contributed by atoms with Crippen molar-refractivity contribution in [1.82, 2.24) is 4.90 Å². The van der Waals surface area contributed by atoms with E-state index in [2.05, 4.69) is 0 Å². The first-order chi connectivity index (χ1) is 14.5. The second-order valence-electron chi connectivity index (χ2n) is 6.61. The Kier molecular flexibility index (Phi) is 5.24. The zero-order chi connectivity index (χ0) is 21.3. The number of aliphatic carboxylic acids is 1. The normalized spacial score (nSPS) is 18.4. The number of amides is 1. The molecule has 0 spiro atoms. The molecule has 2 aliphatic rings. The molecule has 0 radical (unpaired) electrons. The third-order valence-corrected chi connectivity index (χ3v) is 5.18. The van der Waals surface area contributed by atoms with E-state index in [0.717, 1.165) is 11.4 Å². The standard InChI is InChI=1S/C22H19N3O4S/c1-2-23-16-10-6-7-11-18(16)29-19(23)13-12-17-21(28)25(15-8-4-3-5-9-15)22(30)24(17)14-20(26)27/h3-13H,2,14H2,1H3,(H,26,27). The summed E-state index contributed by atoms with van der Waals surface area (Å²) in [5, 5.41) is 9.45. The molecule has 0 saturated carbocycles. The van der Waals surface area contributed by atoms with Crippen molar-refractivity contribution in [2.75, 3.05) is 22.9 Å². The number of rotatable bonds is 5. The molecule has 0 unspecified atom stereocenters. The zero-order valence-electron chi connectivity index (χ0n) is 16.2. The van der Waals surface area contributed by atoms with E-state index in [1.807, 2.05) is 42.2 Å². The number of fused-ring (bicyclic) bond motifs is 1. The third-order valence-electron chi connectivity index (χ3n) is 4.78. The first-order valence-electron chi connectivity index (χ1n) is 9.40. The summed E-state index contributed by atoms with van der Waals surface area (Å²) in [4.78, 5) is 29.2. The van der Waals surface area contributed by atoms with Crippen molar-refractivity contribution >= 4 is 40.6 Å². The Morgan fingerprint density at radius 2 is 1.77 bits per heavy atom. The van der Waals surface area contributed by atoms with E-state index in [9.17, 15) is 14.7 Å². The molecule has 2 aromatic carbocycles. The molecule has 2 heterocycles. The van der Waals surface area contributed by atoms with Gasteiger partial charge in [0.2, 0.25) is 5.88 Å².